The Morgan fingerprint density at radius 1 is 0.811 bits per heavy atom. The van der Waals surface area contributed by atoms with E-state index in [1.165, 1.54) is 0 Å². The summed E-state index contributed by atoms with van der Waals surface area (Å²) in [5, 5.41) is 0.185. The van der Waals surface area contributed by atoms with Gasteiger partial charge in [-0.2, -0.15) is 0 Å². The third kappa shape index (κ3) is 5.99. The summed E-state index contributed by atoms with van der Waals surface area (Å²) in [6, 6.07) is 31.3. The second-order valence-electron chi connectivity index (χ2n) is 11.0. The molecule has 1 heterocycles. The molecule has 1 aliphatic rings. The van der Waals surface area contributed by atoms with Gasteiger partial charge in [-0.1, -0.05) is 0 Å². The van der Waals surface area contributed by atoms with E-state index in [9.17, 15) is 9.59 Å². The number of benzene rings is 3. The van der Waals surface area contributed by atoms with Crippen LogP contribution in [0.2, 0.25) is 0 Å². The van der Waals surface area contributed by atoms with Crippen LogP contribution in [0.15, 0.2) is 91.0 Å². The van der Waals surface area contributed by atoms with Crippen LogP contribution in [0.4, 0.5) is 4.79 Å². The minimum absolute atomic E-state index is 0.252. The number of ketones is 1. The van der Waals surface area contributed by atoms with Crippen molar-refractivity contribution in [3.05, 3.63) is 91.0 Å². The average molecular weight is 583 g/mol. The number of piperidine rings is 1. The summed E-state index contributed by atoms with van der Waals surface area (Å²) in [6.45, 7) is 6.90. The molecule has 1 amide bonds. The number of carbonyl (C=O) groups excluding carboxylic acids is 2. The molecule has 0 bridgehead atoms. The molecule has 0 saturated carbocycles. The van der Waals surface area contributed by atoms with Crippen LogP contribution in [0.5, 0.6) is 0 Å². The second kappa shape index (κ2) is 11.1. The first-order chi connectivity index (χ1) is 17.6. The quantitative estimate of drug-likeness (QED) is 0.302. The van der Waals surface area contributed by atoms with Gasteiger partial charge in [0.2, 0.25) is 0 Å². The molecule has 0 unspecified atom stereocenters. The van der Waals surface area contributed by atoms with Gasteiger partial charge in [-0.3, -0.25) is 0 Å². The van der Waals surface area contributed by atoms with Crippen LogP contribution >= 0.6 is 20.8 Å². The second-order valence-corrected chi connectivity index (χ2v) is 19.9. The van der Waals surface area contributed by atoms with Crippen molar-refractivity contribution in [3.8, 4) is 0 Å². The standard InChI is InChI=1S/C31H37BrNO3P/c1-31(2,3)36-30(35)33-21-19-25(20-22-33)23-26(34)24-37(32,27-13-7-4-8-14-27,28-15-9-5-10-16-28)29-17-11-6-12-18-29/h4-18,25H,19-24H2,1-3H3. The van der Waals surface area contributed by atoms with Crippen molar-refractivity contribution >= 4 is 48.6 Å². The maximum atomic E-state index is 14.0. The van der Waals surface area contributed by atoms with Gasteiger partial charge in [0.1, 0.15) is 0 Å². The van der Waals surface area contributed by atoms with Gasteiger partial charge >= 0.3 is 230 Å². The van der Waals surface area contributed by atoms with Gasteiger partial charge in [0, 0.05) is 0 Å². The van der Waals surface area contributed by atoms with Gasteiger partial charge < -0.3 is 0 Å². The number of amides is 1. The Morgan fingerprint density at radius 3 is 1.59 bits per heavy atom. The van der Waals surface area contributed by atoms with E-state index in [1.807, 2.05) is 39.0 Å². The zero-order valence-electron chi connectivity index (χ0n) is 22.0. The summed E-state index contributed by atoms with van der Waals surface area (Å²) in [5.74, 6) is 0.511. The Labute approximate surface area is 229 Å². The molecule has 3 aromatic carbocycles. The first-order valence-electron chi connectivity index (χ1n) is 13.0. The molecule has 4 rings (SSSR count). The summed E-state index contributed by atoms with van der Waals surface area (Å²) in [4.78, 5) is 28.2. The zero-order chi connectivity index (χ0) is 26.5. The van der Waals surface area contributed by atoms with Gasteiger partial charge in [0.25, 0.3) is 0 Å². The van der Waals surface area contributed by atoms with E-state index in [0.29, 0.717) is 25.7 Å². The zero-order valence-corrected chi connectivity index (χ0v) is 24.5. The third-order valence-electron chi connectivity index (χ3n) is 7.14. The number of nitrogens with zero attached hydrogens (tertiary/aromatic N) is 1. The van der Waals surface area contributed by atoms with E-state index < -0.39 is 10.9 Å². The van der Waals surface area contributed by atoms with E-state index in [1.54, 1.807) is 4.90 Å². The molecule has 0 atom stereocenters. The molecular formula is C31H37BrNO3P. The first-order valence-corrected chi connectivity index (χ1v) is 17.4. The van der Waals surface area contributed by atoms with E-state index in [4.69, 9.17) is 4.74 Å². The molecule has 196 valence electrons. The molecule has 0 aliphatic carbocycles. The Bertz CT molecular complexity index is 1100. The maximum absolute atomic E-state index is 14.0. The molecule has 6 heteroatoms. The minimum atomic E-state index is -3.27. The van der Waals surface area contributed by atoms with Gasteiger partial charge in [-0.05, 0) is 0 Å². The molecule has 37 heavy (non-hydrogen) atoms. The molecule has 0 N–H and O–H groups in total. The number of Topliss-reactive ketones (excluding diaryl/α,β-unsaturated/α-hetero) is 1. The first kappa shape index (κ1) is 27.5. The number of rotatable bonds is 7. The number of hydrogen-bond acceptors (Lipinski definition) is 3. The molecule has 0 aromatic heterocycles. The van der Waals surface area contributed by atoms with E-state index in [0.717, 1.165) is 28.8 Å². The van der Waals surface area contributed by atoms with Crippen LogP contribution in [0.1, 0.15) is 40.0 Å². The van der Waals surface area contributed by atoms with Crippen molar-refractivity contribution in [1.29, 1.82) is 0 Å². The molecule has 1 saturated heterocycles. The summed E-state index contributed by atoms with van der Waals surface area (Å²) in [7, 11) is 0. The van der Waals surface area contributed by atoms with Crippen molar-refractivity contribution in [3.63, 3.8) is 0 Å². The third-order valence-corrected chi connectivity index (χ3v) is 16.6. The van der Waals surface area contributed by atoms with Gasteiger partial charge in [0.05, 0.1) is 0 Å². The fraction of sp³-hybridized carbons (Fsp3) is 0.355. The van der Waals surface area contributed by atoms with Crippen molar-refractivity contribution in [2.45, 2.75) is 45.6 Å². The summed E-state index contributed by atoms with van der Waals surface area (Å²) in [5.41, 5.74) is -0.506. The predicted molar refractivity (Wildman–Crippen MR) is 159 cm³/mol. The summed E-state index contributed by atoms with van der Waals surface area (Å²) in [6.07, 6.45) is 2.28. The number of likely N-dealkylation sites (tertiary alicyclic amines) is 1. The van der Waals surface area contributed by atoms with Crippen molar-refractivity contribution < 1.29 is 14.3 Å². The SMILES string of the molecule is CC(C)(C)OC(=O)N1CCC(CC(=O)CP(Br)(c2ccccc2)(c2ccccc2)c2ccccc2)CC1. The van der Waals surface area contributed by atoms with Gasteiger partial charge in [-0.15, -0.1) is 0 Å². The van der Waals surface area contributed by atoms with Crippen LogP contribution in [-0.4, -0.2) is 41.6 Å². The summed E-state index contributed by atoms with van der Waals surface area (Å²) < 4.78 is 5.54. The van der Waals surface area contributed by atoms with Crippen molar-refractivity contribution in [2.75, 3.05) is 19.3 Å². The van der Waals surface area contributed by atoms with Gasteiger partial charge in [-0.25, -0.2) is 0 Å². The van der Waals surface area contributed by atoms with E-state index >= 15 is 0 Å². The van der Waals surface area contributed by atoms with E-state index in [2.05, 4.69) is 88.3 Å². The topological polar surface area (TPSA) is 46.6 Å². The molecule has 1 fully saturated rings. The fourth-order valence-electron chi connectivity index (χ4n) is 5.30. The Hall–Kier alpha value is -2.49. The number of carbonyl (C=O) groups is 2. The molecule has 0 spiro atoms. The Balaban J connectivity index is 1.61. The van der Waals surface area contributed by atoms with Crippen molar-refractivity contribution in [2.24, 2.45) is 5.92 Å². The van der Waals surface area contributed by atoms with Crippen LogP contribution in [0.3, 0.4) is 0 Å². The van der Waals surface area contributed by atoms with Crippen LogP contribution in [0, 0.1) is 5.92 Å². The molecule has 4 nitrogen and oxygen atoms in total. The van der Waals surface area contributed by atoms with E-state index in [-0.39, 0.29) is 17.8 Å². The Kier molecular flexibility index (Phi) is 8.26. The van der Waals surface area contributed by atoms with Crippen LogP contribution < -0.4 is 15.9 Å². The molecule has 1 aliphatic heterocycles. The number of halogens is 1. The fourth-order valence-corrected chi connectivity index (χ4v) is 12.9. The predicted octanol–water partition coefficient (Wildman–Crippen LogP) is 6.43. The van der Waals surface area contributed by atoms with Gasteiger partial charge in [0.15, 0.2) is 0 Å². The van der Waals surface area contributed by atoms with Crippen LogP contribution in [0.25, 0.3) is 0 Å². The molecule has 3 aromatic rings. The van der Waals surface area contributed by atoms with Crippen molar-refractivity contribution in [1.82, 2.24) is 4.90 Å². The monoisotopic (exact) mass is 581 g/mol. The summed E-state index contributed by atoms with van der Waals surface area (Å²) >= 11 is 4.38. The number of ether oxygens (including phenoxy) is 1. The molecule has 0 radical (unpaired) electrons. The number of hydrogen-bond donors (Lipinski definition) is 0. The van der Waals surface area contributed by atoms with Crippen LogP contribution in [-0.2, 0) is 9.53 Å². The normalized spacial score (nSPS) is 16.0. The molecular weight excluding hydrogens is 545 g/mol. The Morgan fingerprint density at radius 2 is 1.22 bits per heavy atom. The average Bonchev–Trinajstić information content (AvgIpc) is 2.89.